The Bertz CT molecular complexity index is 256. The summed E-state index contributed by atoms with van der Waals surface area (Å²) < 4.78 is 20.8. The van der Waals surface area contributed by atoms with Crippen molar-refractivity contribution in [1.29, 1.82) is 0 Å². The van der Waals surface area contributed by atoms with Crippen LogP contribution in [0, 0.1) is 0 Å². The second-order valence-electron chi connectivity index (χ2n) is 7.37. The highest BCUT2D eigenvalue weighted by Gasteiger charge is 1.95. The van der Waals surface area contributed by atoms with Gasteiger partial charge in [-0.1, -0.05) is 134 Å². The normalized spacial score (nSPS) is 12.6. The van der Waals surface area contributed by atoms with Gasteiger partial charge in [0, 0.05) is 5.75 Å². The largest absolute Gasteiger partial charge is 0.772 e. The molecule has 0 bridgehead atoms. The lowest BCUT2D eigenvalue weighted by Gasteiger charge is -2.05. The maximum atomic E-state index is 10.4. The van der Waals surface area contributed by atoms with E-state index in [2.05, 4.69) is 6.92 Å². The summed E-state index contributed by atoms with van der Waals surface area (Å²) in [5.74, 6) is 0.346. The topological polar surface area (TPSA) is 40.1 Å². The van der Waals surface area contributed by atoms with Crippen molar-refractivity contribution < 1.29 is 8.76 Å². The fourth-order valence-corrected chi connectivity index (χ4v) is 3.74. The van der Waals surface area contributed by atoms with Crippen LogP contribution in [0.5, 0.6) is 0 Å². The first-order chi connectivity index (χ1) is 11.8. The molecule has 0 aromatic rings. The van der Waals surface area contributed by atoms with Gasteiger partial charge in [-0.15, -0.1) is 0 Å². The lowest BCUT2D eigenvalue weighted by atomic mass is 10.0. The number of hydrogen-bond acceptors (Lipinski definition) is 2. The van der Waals surface area contributed by atoms with Gasteiger partial charge in [0.15, 0.2) is 0 Å². The maximum Gasteiger partial charge on any atom is 0.0102 e. The number of hydrogen-bond donors (Lipinski definition) is 0. The van der Waals surface area contributed by atoms with Crippen LogP contribution in [0.1, 0.15) is 129 Å². The molecule has 2 nitrogen and oxygen atoms in total. The van der Waals surface area contributed by atoms with Gasteiger partial charge in [0.1, 0.15) is 0 Å². The second-order valence-corrected chi connectivity index (χ2v) is 8.39. The average molecular weight is 360 g/mol. The highest BCUT2D eigenvalue weighted by molar-refractivity contribution is 7.79. The van der Waals surface area contributed by atoms with Gasteiger partial charge < -0.3 is 4.55 Å². The van der Waals surface area contributed by atoms with Crippen LogP contribution in [0.2, 0.25) is 0 Å². The standard InChI is InChI=1S/C21H44O2S/c1-2-3-4-5-6-7-8-9-10-11-12-13-14-15-16-17-18-19-20-21-24(22)23/h2-21H2,1H3,(H,22,23)/p-1. The zero-order valence-electron chi connectivity index (χ0n) is 16.4. The molecule has 0 fully saturated rings. The minimum atomic E-state index is -1.83. The fraction of sp³-hybridized carbons (Fsp3) is 1.00. The predicted octanol–water partition coefficient (Wildman–Crippen LogP) is 7.30. The van der Waals surface area contributed by atoms with Gasteiger partial charge in [-0.3, -0.25) is 4.21 Å². The molecule has 0 rings (SSSR count). The van der Waals surface area contributed by atoms with Crippen molar-refractivity contribution in [2.45, 2.75) is 129 Å². The van der Waals surface area contributed by atoms with Crippen LogP contribution < -0.4 is 0 Å². The van der Waals surface area contributed by atoms with Gasteiger partial charge >= 0.3 is 0 Å². The van der Waals surface area contributed by atoms with Gasteiger partial charge in [-0.25, -0.2) is 0 Å². The van der Waals surface area contributed by atoms with Crippen molar-refractivity contribution in [3.8, 4) is 0 Å². The summed E-state index contributed by atoms with van der Waals surface area (Å²) >= 11 is -1.83. The van der Waals surface area contributed by atoms with E-state index >= 15 is 0 Å². The lowest BCUT2D eigenvalue weighted by molar-refractivity contribution is 0.521. The highest BCUT2D eigenvalue weighted by Crippen LogP contribution is 2.14. The third-order valence-electron chi connectivity index (χ3n) is 4.91. The number of unbranched alkanes of at least 4 members (excludes halogenated alkanes) is 18. The first kappa shape index (κ1) is 24.1. The molecule has 24 heavy (non-hydrogen) atoms. The molecule has 0 aliphatic carbocycles. The fourth-order valence-electron chi connectivity index (χ4n) is 3.30. The van der Waals surface area contributed by atoms with Crippen molar-refractivity contribution in [2.24, 2.45) is 0 Å². The summed E-state index contributed by atoms with van der Waals surface area (Å²) in [6.07, 6.45) is 25.7. The quantitative estimate of drug-likeness (QED) is 0.169. The summed E-state index contributed by atoms with van der Waals surface area (Å²) in [6.45, 7) is 2.28. The van der Waals surface area contributed by atoms with E-state index in [9.17, 15) is 8.76 Å². The molecule has 0 amide bonds. The van der Waals surface area contributed by atoms with Crippen LogP contribution in [0.4, 0.5) is 0 Å². The molecule has 0 aliphatic rings. The molecule has 0 aromatic carbocycles. The Balaban J connectivity index is 2.97. The smallest absolute Gasteiger partial charge is 0.0102 e. The Kier molecular flexibility index (Phi) is 21.3. The SMILES string of the molecule is CCCCCCCCCCCCCCCCCCCCCS(=O)[O-]. The molecule has 0 aromatic heterocycles. The molecule has 1 unspecified atom stereocenters. The monoisotopic (exact) mass is 359 g/mol. The summed E-state index contributed by atoms with van der Waals surface area (Å²) in [6, 6.07) is 0. The molecule has 3 heteroatoms. The minimum Gasteiger partial charge on any atom is -0.772 e. The van der Waals surface area contributed by atoms with E-state index in [-0.39, 0.29) is 0 Å². The van der Waals surface area contributed by atoms with Crippen LogP contribution in [0.25, 0.3) is 0 Å². The van der Waals surface area contributed by atoms with Crippen molar-refractivity contribution in [2.75, 3.05) is 5.75 Å². The summed E-state index contributed by atoms with van der Waals surface area (Å²) in [7, 11) is 0. The van der Waals surface area contributed by atoms with Gasteiger partial charge in [0.25, 0.3) is 0 Å². The van der Waals surface area contributed by atoms with Gasteiger partial charge in [-0.2, -0.15) is 0 Å². The predicted molar refractivity (Wildman–Crippen MR) is 107 cm³/mol. The van der Waals surface area contributed by atoms with E-state index in [1.807, 2.05) is 0 Å². The van der Waals surface area contributed by atoms with E-state index < -0.39 is 11.1 Å². The van der Waals surface area contributed by atoms with Crippen LogP contribution in [0.3, 0.4) is 0 Å². The molecular formula is C21H43O2S-. The molecule has 0 N–H and O–H groups in total. The van der Waals surface area contributed by atoms with Crippen LogP contribution in [-0.2, 0) is 11.1 Å². The van der Waals surface area contributed by atoms with Crippen LogP contribution >= 0.6 is 0 Å². The third kappa shape index (κ3) is 22.1. The molecule has 0 radical (unpaired) electrons. The van der Waals surface area contributed by atoms with E-state index in [1.54, 1.807) is 0 Å². The highest BCUT2D eigenvalue weighted by atomic mass is 32.2. The Morgan fingerprint density at radius 3 is 1.00 bits per heavy atom. The zero-order chi connectivity index (χ0) is 17.7. The molecule has 1 atom stereocenters. The lowest BCUT2D eigenvalue weighted by Crippen LogP contribution is -1.94. The molecule has 0 saturated carbocycles. The Morgan fingerprint density at radius 2 is 0.750 bits per heavy atom. The van der Waals surface area contributed by atoms with Crippen LogP contribution in [-0.4, -0.2) is 14.5 Å². The van der Waals surface area contributed by atoms with Crippen molar-refractivity contribution in [1.82, 2.24) is 0 Å². The molecule has 146 valence electrons. The average Bonchev–Trinajstić information content (AvgIpc) is 2.56. The Hall–Kier alpha value is 0.110. The van der Waals surface area contributed by atoms with Gasteiger partial charge in [0.2, 0.25) is 0 Å². The van der Waals surface area contributed by atoms with Crippen LogP contribution in [0.15, 0.2) is 0 Å². The minimum absolute atomic E-state index is 0.346. The number of rotatable bonds is 20. The summed E-state index contributed by atoms with van der Waals surface area (Å²) in [5, 5.41) is 0. The van der Waals surface area contributed by atoms with Crippen molar-refractivity contribution in [3.05, 3.63) is 0 Å². The molecule has 0 aliphatic heterocycles. The summed E-state index contributed by atoms with van der Waals surface area (Å²) in [4.78, 5) is 0. The Morgan fingerprint density at radius 1 is 0.500 bits per heavy atom. The van der Waals surface area contributed by atoms with Crippen molar-refractivity contribution >= 4 is 11.1 Å². The Labute approximate surface area is 154 Å². The second kappa shape index (κ2) is 21.2. The van der Waals surface area contributed by atoms with E-state index in [0.717, 1.165) is 12.8 Å². The van der Waals surface area contributed by atoms with Gasteiger partial charge in [-0.05, 0) is 6.42 Å². The molecule has 0 spiro atoms. The summed E-state index contributed by atoms with van der Waals surface area (Å²) in [5.41, 5.74) is 0. The zero-order valence-corrected chi connectivity index (χ0v) is 17.2. The van der Waals surface area contributed by atoms with E-state index in [4.69, 9.17) is 0 Å². The van der Waals surface area contributed by atoms with Gasteiger partial charge in [0.05, 0.1) is 0 Å². The maximum absolute atomic E-state index is 10.4. The first-order valence-corrected chi connectivity index (χ1v) is 12.1. The van der Waals surface area contributed by atoms with E-state index in [1.165, 1.54) is 109 Å². The third-order valence-corrected chi connectivity index (χ3v) is 5.54. The molecular weight excluding hydrogens is 316 g/mol. The molecule has 0 saturated heterocycles. The van der Waals surface area contributed by atoms with Crippen molar-refractivity contribution in [3.63, 3.8) is 0 Å². The van der Waals surface area contributed by atoms with E-state index in [0.29, 0.717) is 5.75 Å². The first-order valence-electron chi connectivity index (χ1n) is 10.8. The molecule has 0 heterocycles.